The van der Waals surface area contributed by atoms with Gasteiger partial charge in [0.15, 0.2) is 11.5 Å². The van der Waals surface area contributed by atoms with Crippen LogP contribution in [0, 0.1) is 11.3 Å². The molecule has 0 spiro atoms. The van der Waals surface area contributed by atoms with Crippen LogP contribution in [-0.2, 0) is 0 Å². The molecule has 0 aromatic heterocycles. The Morgan fingerprint density at radius 1 is 1.23 bits per heavy atom. The summed E-state index contributed by atoms with van der Waals surface area (Å²) in [6.07, 6.45) is 0.470. The van der Waals surface area contributed by atoms with Crippen LogP contribution < -0.4 is 14.8 Å². The largest absolute Gasteiger partial charge is 0.454 e. The van der Waals surface area contributed by atoms with Crippen LogP contribution in [0.15, 0.2) is 16.6 Å². The number of benzene rings is 1. The van der Waals surface area contributed by atoms with Gasteiger partial charge in [0.1, 0.15) is 0 Å². The Morgan fingerprint density at radius 3 is 2.50 bits per heavy atom. The normalized spacial score (nSPS) is 17.8. The molecule has 0 saturated carbocycles. The number of rotatable bonds is 3. The lowest BCUT2D eigenvalue weighted by molar-refractivity contribution is 0.171. The van der Waals surface area contributed by atoms with Crippen LogP contribution in [0.25, 0.3) is 0 Å². The van der Waals surface area contributed by atoms with Crippen molar-refractivity contribution in [3.63, 3.8) is 0 Å². The van der Waals surface area contributed by atoms with E-state index in [4.69, 9.17) is 14.7 Å². The van der Waals surface area contributed by atoms with Crippen LogP contribution >= 0.6 is 40.7 Å². The minimum absolute atomic E-state index is 0. The molecule has 1 saturated heterocycles. The molecule has 1 atom stereocenters. The molecule has 2 heterocycles. The molecule has 1 aromatic carbocycles. The summed E-state index contributed by atoms with van der Waals surface area (Å²) in [6.45, 7) is 4.09. The lowest BCUT2D eigenvalue weighted by atomic mass is 10.0. The van der Waals surface area contributed by atoms with Crippen molar-refractivity contribution >= 4 is 40.7 Å². The quantitative estimate of drug-likeness (QED) is 0.830. The van der Waals surface area contributed by atoms with Gasteiger partial charge >= 0.3 is 0 Å². The molecule has 0 bridgehead atoms. The molecule has 22 heavy (non-hydrogen) atoms. The van der Waals surface area contributed by atoms with Crippen LogP contribution in [0.4, 0.5) is 0 Å². The first-order valence-corrected chi connectivity index (χ1v) is 7.49. The summed E-state index contributed by atoms with van der Waals surface area (Å²) in [5.41, 5.74) is 1.10. The highest BCUT2D eigenvalue weighted by molar-refractivity contribution is 9.10. The Balaban J connectivity index is 0.00000121. The summed E-state index contributed by atoms with van der Waals surface area (Å²) in [4.78, 5) is 2.35. The van der Waals surface area contributed by atoms with Gasteiger partial charge in [0.05, 0.1) is 12.5 Å². The molecule has 8 heteroatoms. The highest BCUT2D eigenvalue weighted by Crippen LogP contribution is 2.41. The first-order chi connectivity index (χ1) is 9.79. The van der Waals surface area contributed by atoms with Gasteiger partial charge in [-0.05, 0) is 17.7 Å². The molecule has 0 aliphatic carbocycles. The summed E-state index contributed by atoms with van der Waals surface area (Å²) >= 11 is 3.60. The summed E-state index contributed by atoms with van der Waals surface area (Å²) in [5.74, 6) is 1.53. The molecule has 1 N–H and O–H groups in total. The van der Waals surface area contributed by atoms with E-state index in [0.29, 0.717) is 6.42 Å². The van der Waals surface area contributed by atoms with Gasteiger partial charge in [-0.25, -0.2) is 0 Å². The van der Waals surface area contributed by atoms with E-state index < -0.39 is 0 Å². The predicted molar refractivity (Wildman–Crippen MR) is 92.2 cm³/mol. The monoisotopic (exact) mass is 409 g/mol. The van der Waals surface area contributed by atoms with Gasteiger partial charge in [0.2, 0.25) is 6.79 Å². The highest BCUT2D eigenvalue weighted by Gasteiger charge is 2.26. The summed E-state index contributed by atoms with van der Waals surface area (Å²) in [6, 6.07) is 6.32. The smallest absolute Gasteiger partial charge is 0.231 e. The van der Waals surface area contributed by atoms with Gasteiger partial charge < -0.3 is 14.8 Å². The molecule has 0 unspecified atom stereocenters. The maximum atomic E-state index is 9.15. The van der Waals surface area contributed by atoms with Crippen molar-refractivity contribution in [2.75, 3.05) is 33.0 Å². The Labute approximate surface area is 150 Å². The Kier molecular flexibility index (Phi) is 7.74. The van der Waals surface area contributed by atoms with Crippen molar-refractivity contribution in [3.05, 3.63) is 22.2 Å². The molecule has 5 nitrogen and oxygen atoms in total. The fraction of sp³-hybridized carbons (Fsp3) is 0.500. The Bertz CT molecular complexity index is 548. The molecule has 1 fully saturated rings. The minimum atomic E-state index is 0. The van der Waals surface area contributed by atoms with Gasteiger partial charge in [-0.1, -0.05) is 15.9 Å². The SMILES string of the molecule is Cl.Cl.N#CC[C@H](c1cc2c(cc1Br)OCO2)N1CCNCC1. The maximum Gasteiger partial charge on any atom is 0.231 e. The summed E-state index contributed by atoms with van der Waals surface area (Å²) < 4.78 is 11.8. The van der Waals surface area contributed by atoms with E-state index in [2.05, 4.69) is 32.2 Å². The number of nitrogens with zero attached hydrogens (tertiary/aromatic N) is 2. The van der Waals surface area contributed by atoms with Gasteiger partial charge in [-0.2, -0.15) is 5.26 Å². The molecule has 3 rings (SSSR count). The van der Waals surface area contributed by atoms with E-state index in [1.807, 2.05) is 12.1 Å². The van der Waals surface area contributed by atoms with Crippen LogP contribution in [-0.4, -0.2) is 37.9 Å². The van der Waals surface area contributed by atoms with Gasteiger partial charge in [0, 0.05) is 36.7 Å². The average molecular weight is 411 g/mol. The maximum absolute atomic E-state index is 9.15. The fourth-order valence-electron chi connectivity index (χ4n) is 2.70. The number of fused-ring (bicyclic) bond motifs is 1. The topological polar surface area (TPSA) is 57.5 Å². The van der Waals surface area contributed by atoms with Crippen LogP contribution in [0.1, 0.15) is 18.0 Å². The number of nitrogens with one attached hydrogen (secondary N) is 1. The molecule has 0 amide bonds. The first kappa shape index (κ1) is 19.3. The molecule has 0 radical (unpaired) electrons. The number of nitriles is 1. The van der Waals surface area contributed by atoms with E-state index >= 15 is 0 Å². The van der Waals surface area contributed by atoms with Crippen molar-refractivity contribution in [3.8, 4) is 17.6 Å². The second-order valence-electron chi connectivity index (χ2n) is 4.89. The van der Waals surface area contributed by atoms with Crippen LogP contribution in [0.5, 0.6) is 11.5 Å². The zero-order valence-electron chi connectivity index (χ0n) is 11.9. The van der Waals surface area contributed by atoms with Gasteiger partial charge in [0.25, 0.3) is 0 Å². The molecule has 2 aliphatic rings. The third-order valence-corrected chi connectivity index (χ3v) is 4.41. The fourth-order valence-corrected chi connectivity index (χ4v) is 3.29. The summed E-state index contributed by atoms with van der Waals surface area (Å²) in [7, 11) is 0. The van der Waals surface area contributed by atoms with Gasteiger partial charge in [-0.15, -0.1) is 24.8 Å². The van der Waals surface area contributed by atoms with Crippen LogP contribution in [0.3, 0.4) is 0 Å². The highest BCUT2D eigenvalue weighted by atomic mass is 79.9. The number of hydrogen-bond acceptors (Lipinski definition) is 5. The minimum Gasteiger partial charge on any atom is -0.454 e. The van der Waals surface area contributed by atoms with E-state index in [-0.39, 0.29) is 37.6 Å². The average Bonchev–Trinajstić information content (AvgIpc) is 2.92. The molecule has 2 aliphatic heterocycles. The third kappa shape index (κ3) is 3.98. The van der Waals surface area contributed by atoms with E-state index in [1.165, 1.54) is 0 Å². The molecule has 1 aromatic rings. The number of ether oxygens (including phenoxy) is 2. The zero-order chi connectivity index (χ0) is 13.9. The van der Waals surface area contributed by atoms with E-state index in [1.54, 1.807) is 0 Å². The molecular weight excluding hydrogens is 393 g/mol. The molecular formula is C14H18BrCl2N3O2. The van der Waals surface area contributed by atoms with Crippen molar-refractivity contribution in [2.24, 2.45) is 0 Å². The zero-order valence-corrected chi connectivity index (χ0v) is 15.1. The van der Waals surface area contributed by atoms with E-state index in [9.17, 15) is 0 Å². The standard InChI is InChI=1S/C14H16BrN3O2.2ClH/c15-11-8-14-13(19-9-20-14)7-10(11)12(1-2-16)18-5-3-17-4-6-18;;/h7-8,12,17H,1,3-6,9H2;2*1H/t12-;;/m1../s1. The Hall–Kier alpha value is -0.710. The van der Waals surface area contributed by atoms with Crippen LogP contribution in [0.2, 0.25) is 0 Å². The number of hydrogen-bond donors (Lipinski definition) is 1. The van der Waals surface area contributed by atoms with Crippen molar-refractivity contribution < 1.29 is 9.47 Å². The lowest BCUT2D eigenvalue weighted by Crippen LogP contribution is -2.45. The second-order valence-corrected chi connectivity index (χ2v) is 5.75. The third-order valence-electron chi connectivity index (χ3n) is 3.73. The van der Waals surface area contributed by atoms with Crippen molar-refractivity contribution in [1.82, 2.24) is 10.2 Å². The van der Waals surface area contributed by atoms with Gasteiger partial charge in [-0.3, -0.25) is 4.90 Å². The number of piperazine rings is 1. The second kappa shape index (κ2) is 8.80. The predicted octanol–water partition coefficient (Wildman–Crippen LogP) is 2.88. The summed E-state index contributed by atoms with van der Waals surface area (Å²) in [5, 5.41) is 12.5. The number of halogens is 3. The van der Waals surface area contributed by atoms with Crippen molar-refractivity contribution in [1.29, 1.82) is 5.26 Å². The molecule has 122 valence electrons. The lowest BCUT2D eigenvalue weighted by Gasteiger charge is -2.34. The van der Waals surface area contributed by atoms with E-state index in [0.717, 1.165) is 47.7 Å². The Morgan fingerprint density at radius 2 is 1.86 bits per heavy atom. The first-order valence-electron chi connectivity index (χ1n) is 6.70. The van der Waals surface area contributed by atoms with Crippen molar-refractivity contribution in [2.45, 2.75) is 12.5 Å².